The molecule has 1 atom stereocenters. The Balaban J connectivity index is 1.49. The lowest BCUT2D eigenvalue weighted by molar-refractivity contribution is 0.468. The van der Waals surface area contributed by atoms with Crippen molar-refractivity contribution in [3.05, 3.63) is 67.1 Å². The van der Waals surface area contributed by atoms with Crippen molar-refractivity contribution in [1.82, 2.24) is 24.6 Å². The van der Waals surface area contributed by atoms with Crippen LogP contribution in [-0.4, -0.2) is 45.6 Å². The van der Waals surface area contributed by atoms with Gasteiger partial charge in [0.15, 0.2) is 13.6 Å². The minimum absolute atomic E-state index is 0.344. The Bertz CT molecular complexity index is 1100. The van der Waals surface area contributed by atoms with E-state index >= 15 is 0 Å². The number of ether oxygens (including phenoxy) is 1. The summed E-state index contributed by atoms with van der Waals surface area (Å²) in [4.78, 5) is 11.1. The molecule has 2 aromatic carbocycles. The van der Waals surface area contributed by atoms with E-state index in [0.717, 1.165) is 53.3 Å². The highest BCUT2D eigenvalue weighted by Gasteiger charge is 2.25. The average Bonchev–Trinajstić information content (AvgIpc) is 3.33. The summed E-state index contributed by atoms with van der Waals surface area (Å²) >= 11 is 0. The van der Waals surface area contributed by atoms with Crippen molar-refractivity contribution < 1.29 is 4.74 Å². The third-order valence-corrected chi connectivity index (χ3v) is 5.19. The van der Waals surface area contributed by atoms with Gasteiger partial charge in [-0.3, -0.25) is 0 Å². The van der Waals surface area contributed by atoms with Gasteiger partial charge in [-0.1, -0.05) is 18.2 Å². The second-order valence-electron chi connectivity index (χ2n) is 7.20. The monoisotopic (exact) mass is 369 g/mol. The third kappa shape index (κ3) is 3.14. The molecule has 1 aliphatic rings. The Hall–Kier alpha value is -3.19. The fraction of sp³-hybridized carbons (Fsp3) is 0.190. The topological polar surface area (TPSA) is 56.1 Å². The quantitative estimate of drug-likeness (QED) is 0.518. The van der Waals surface area contributed by atoms with Crippen molar-refractivity contribution in [2.24, 2.45) is 0 Å². The summed E-state index contributed by atoms with van der Waals surface area (Å²) in [6, 6.07) is 18.2. The molecule has 0 saturated carbocycles. The van der Waals surface area contributed by atoms with Gasteiger partial charge >= 0.3 is 0 Å². The van der Waals surface area contributed by atoms with E-state index in [2.05, 4.69) is 27.4 Å². The molecule has 7 heteroatoms. The smallest absolute Gasteiger partial charge is 0.185 e. The normalized spacial score (nSPS) is 17.2. The summed E-state index contributed by atoms with van der Waals surface area (Å²) in [6.45, 7) is 2.07. The van der Waals surface area contributed by atoms with Crippen LogP contribution in [0.2, 0.25) is 0 Å². The molecule has 0 N–H and O–H groups in total. The largest absolute Gasteiger partial charge is 0.457 e. The van der Waals surface area contributed by atoms with E-state index in [1.165, 1.54) is 0 Å². The number of rotatable bonds is 4. The molecule has 138 valence electrons. The molecule has 1 fully saturated rings. The van der Waals surface area contributed by atoms with Crippen LogP contribution in [0.25, 0.3) is 22.3 Å². The van der Waals surface area contributed by atoms with Crippen molar-refractivity contribution in [2.75, 3.05) is 13.1 Å². The van der Waals surface area contributed by atoms with Gasteiger partial charge in [-0.05, 0) is 49.4 Å². The van der Waals surface area contributed by atoms with Gasteiger partial charge in [0.05, 0.1) is 11.4 Å². The van der Waals surface area contributed by atoms with Crippen LogP contribution in [0.1, 0.15) is 12.5 Å². The molecule has 1 saturated heterocycles. The third-order valence-electron chi connectivity index (χ3n) is 5.19. The number of hydrogen-bond donors (Lipinski definition) is 0. The van der Waals surface area contributed by atoms with E-state index in [1.807, 2.05) is 60.8 Å². The van der Waals surface area contributed by atoms with Crippen LogP contribution in [0.5, 0.6) is 11.5 Å². The second kappa shape index (κ2) is 7.09. The molecule has 0 spiro atoms. The second-order valence-corrected chi connectivity index (χ2v) is 7.20. The van der Waals surface area contributed by atoms with E-state index in [9.17, 15) is 0 Å². The highest BCUT2D eigenvalue weighted by atomic mass is 16.5. The van der Waals surface area contributed by atoms with Gasteiger partial charge in [0, 0.05) is 18.3 Å². The van der Waals surface area contributed by atoms with E-state index in [-0.39, 0.29) is 0 Å². The lowest BCUT2D eigenvalue weighted by Crippen LogP contribution is -2.18. The van der Waals surface area contributed by atoms with Gasteiger partial charge in [0.1, 0.15) is 23.5 Å². The zero-order valence-corrected chi connectivity index (χ0v) is 15.7. The molecular formula is C21H20BN5O. The Morgan fingerprint density at radius 1 is 1.00 bits per heavy atom. The van der Waals surface area contributed by atoms with Crippen LogP contribution in [0.15, 0.2) is 67.1 Å². The van der Waals surface area contributed by atoms with Crippen LogP contribution in [-0.2, 0) is 0 Å². The number of benzene rings is 2. The lowest BCUT2D eigenvalue weighted by Gasteiger charge is -2.11. The Morgan fingerprint density at radius 2 is 1.79 bits per heavy atom. The van der Waals surface area contributed by atoms with Crippen molar-refractivity contribution in [3.63, 3.8) is 0 Å². The molecule has 4 aromatic rings. The first kappa shape index (κ1) is 17.0. The van der Waals surface area contributed by atoms with Gasteiger partial charge in [-0.15, -0.1) is 0 Å². The minimum Gasteiger partial charge on any atom is -0.457 e. The standard InChI is InChI=1S/C21H20BN5O/c22-26-11-10-16(13-26)27-21-19(12-23-14-24-21)20(25-27)15-6-8-18(9-7-15)28-17-4-2-1-3-5-17/h1-9,12,14,16H,10-11,13,22H2/t16-/m1/s1. The van der Waals surface area contributed by atoms with Crippen LogP contribution < -0.4 is 4.74 Å². The summed E-state index contributed by atoms with van der Waals surface area (Å²) in [5, 5.41) is 5.92. The SMILES string of the molecule is BN1CC[C@@H](n2nc(-c3ccc(Oc4ccccc4)cc3)c3cncnc32)C1. The van der Waals surface area contributed by atoms with Crippen LogP contribution in [0.3, 0.4) is 0 Å². The molecule has 3 heterocycles. The number of aromatic nitrogens is 4. The first-order chi connectivity index (χ1) is 13.8. The zero-order chi connectivity index (χ0) is 18.9. The predicted octanol–water partition coefficient (Wildman–Crippen LogP) is 3.08. The molecule has 1 aliphatic heterocycles. The molecule has 6 nitrogen and oxygen atoms in total. The summed E-state index contributed by atoms with van der Waals surface area (Å²) in [7, 11) is 2.15. The molecule has 0 amide bonds. The zero-order valence-electron chi connectivity index (χ0n) is 15.7. The summed E-state index contributed by atoms with van der Waals surface area (Å²) in [5.41, 5.74) is 2.84. The van der Waals surface area contributed by atoms with Crippen molar-refractivity contribution in [2.45, 2.75) is 12.5 Å². The summed E-state index contributed by atoms with van der Waals surface area (Å²) in [5.74, 6) is 1.62. The summed E-state index contributed by atoms with van der Waals surface area (Å²) < 4.78 is 7.97. The van der Waals surface area contributed by atoms with Gasteiger partial charge in [0.2, 0.25) is 0 Å². The van der Waals surface area contributed by atoms with E-state index < -0.39 is 0 Å². The fourth-order valence-electron chi connectivity index (χ4n) is 3.77. The Morgan fingerprint density at radius 3 is 2.54 bits per heavy atom. The fourth-order valence-corrected chi connectivity index (χ4v) is 3.77. The molecule has 0 aliphatic carbocycles. The predicted molar refractivity (Wildman–Crippen MR) is 111 cm³/mol. The molecule has 0 radical (unpaired) electrons. The van der Waals surface area contributed by atoms with Crippen LogP contribution in [0.4, 0.5) is 0 Å². The molecule has 0 unspecified atom stereocenters. The van der Waals surface area contributed by atoms with E-state index in [4.69, 9.17) is 9.84 Å². The summed E-state index contributed by atoms with van der Waals surface area (Å²) in [6.07, 6.45) is 4.54. The van der Waals surface area contributed by atoms with Gasteiger partial charge in [0.25, 0.3) is 0 Å². The minimum atomic E-state index is 0.344. The van der Waals surface area contributed by atoms with Crippen molar-refractivity contribution in [3.8, 4) is 22.8 Å². The van der Waals surface area contributed by atoms with Crippen LogP contribution in [0, 0.1) is 0 Å². The average molecular weight is 369 g/mol. The number of hydrogen-bond acceptors (Lipinski definition) is 5. The Labute approximate surface area is 164 Å². The first-order valence-electron chi connectivity index (χ1n) is 9.48. The van der Waals surface area contributed by atoms with Crippen LogP contribution >= 0.6 is 0 Å². The maximum absolute atomic E-state index is 5.90. The number of para-hydroxylation sites is 1. The number of fused-ring (bicyclic) bond motifs is 1. The lowest BCUT2D eigenvalue weighted by atomic mass is 10.1. The molecule has 5 rings (SSSR count). The Kier molecular flexibility index (Phi) is 4.29. The maximum Gasteiger partial charge on any atom is 0.185 e. The highest BCUT2D eigenvalue weighted by Crippen LogP contribution is 2.32. The maximum atomic E-state index is 5.90. The molecule has 2 aromatic heterocycles. The number of nitrogens with zero attached hydrogens (tertiary/aromatic N) is 5. The van der Waals surface area contributed by atoms with Crippen molar-refractivity contribution >= 4 is 19.0 Å². The molecule has 28 heavy (non-hydrogen) atoms. The highest BCUT2D eigenvalue weighted by molar-refractivity contribution is 6.04. The first-order valence-corrected chi connectivity index (χ1v) is 9.48. The van der Waals surface area contributed by atoms with Gasteiger partial charge in [-0.2, -0.15) is 5.10 Å². The molecule has 0 bridgehead atoms. The van der Waals surface area contributed by atoms with E-state index in [1.54, 1.807) is 6.33 Å². The van der Waals surface area contributed by atoms with Crippen molar-refractivity contribution in [1.29, 1.82) is 0 Å². The van der Waals surface area contributed by atoms with Gasteiger partial charge < -0.3 is 9.55 Å². The van der Waals surface area contributed by atoms with Gasteiger partial charge in [-0.25, -0.2) is 14.6 Å². The van der Waals surface area contributed by atoms with E-state index in [0.29, 0.717) is 6.04 Å². The molecular weight excluding hydrogens is 349 g/mol.